The molecule has 0 atom stereocenters. The van der Waals surface area contributed by atoms with E-state index in [2.05, 4.69) is 22.9 Å². The molecule has 0 aromatic rings. The highest BCUT2D eigenvalue weighted by Crippen LogP contribution is 1.66. The molecule has 0 aromatic carbocycles. The van der Waals surface area contributed by atoms with Gasteiger partial charge in [0.05, 0.1) is 0 Å². The molecule has 0 saturated heterocycles. The first-order valence-electron chi connectivity index (χ1n) is 3.79. The molecular weight excluding hydrogens is 228 g/mol. The molecule has 4 amide bonds. The Kier molecular flexibility index (Phi) is 13.4. The van der Waals surface area contributed by atoms with Crippen molar-refractivity contribution in [3.8, 4) is 0 Å². The predicted molar refractivity (Wildman–Crippen MR) is 61.8 cm³/mol. The van der Waals surface area contributed by atoms with Crippen molar-refractivity contribution in [3.05, 3.63) is 24.3 Å². The Morgan fingerprint density at radius 1 is 0.529 bits per heavy atom. The lowest BCUT2D eigenvalue weighted by Gasteiger charge is -1.76. The smallest absolute Gasteiger partial charge is 0.241 e. The molecule has 0 saturated carbocycles. The van der Waals surface area contributed by atoms with Crippen LogP contribution in [0.4, 0.5) is 0 Å². The van der Waals surface area contributed by atoms with E-state index < -0.39 is 23.6 Å². The third-order valence-corrected chi connectivity index (χ3v) is 0.824. The monoisotopic (exact) mass is 244 g/mol. The Labute approximate surface area is 98.3 Å². The lowest BCUT2D eigenvalue weighted by molar-refractivity contribution is -0.115. The largest absolute Gasteiger partial charge is 0.366 e. The summed E-state index contributed by atoms with van der Waals surface area (Å²) in [6.07, 6.45) is 3.62. The molecule has 0 spiro atoms. The van der Waals surface area contributed by atoms with Gasteiger partial charge in [0.15, 0.2) is 0 Å². The molecule has 0 radical (unpaired) electrons. The van der Waals surface area contributed by atoms with Crippen molar-refractivity contribution in [2.45, 2.75) is 7.43 Å². The van der Waals surface area contributed by atoms with E-state index in [9.17, 15) is 19.2 Å². The lowest BCUT2D eigenvalue weighted by atomic mass is 10.5. The van der Waals surface area contributed by atoms with Gasteiger partial charge in [0.1, 0.15) is 0 Å². The van der Waals surface area contributed by atoms with E-state index >= 15 is 0 Å². The lowest BCUT2D eigenvalue weighted by Crippen LogP contribution is -2.10. The van der Waals surface area contributed by atoms with E-state index in [1.54, 1.807) is 0 Å². The van der Waals surface area contributed by atoms with Crippen LogP contribution in [-0.2, 0) is 19.2 Å². The zero-order valence-corrected chi connectivity index (χ0v) is 8.25. The summed E-state index contributed by atoms with van der Waals surface area (Å²) >= 11 is 0. The minimum absolute atomic E-state index is 0. The summed E-state index contributed by atoms with van der Waals surface area (Å²) in [6.45, 7) is 0. The zero-order valence-electron chi connectivity index (χ0n) is 8.25. The second-order valence-corrected chi connectivity index (χ2v) is 2.28. The molecule has 0 aliphatic rings. The van der Waals surface area contributed by atoms with Gasteiger partial charge >= 0.3 is 0 Å². The number of carbonyl (C=O) groups is 4. The summed E-state index contributed by atoms with van der Waals surface area (Å²) in [6, 6.07) is 0. The van der Waals surface area contributed by atoms with Gasteiger partial charge < -0.3 is 22.9 Å². The highest BCUT2D eigenvalue weighted by atomic mass is 16.2. The van der Waals surface area contributed by atoms with Crippen molar-refractivity contribution >= 4 is 23.6 Å². The molecule has 8 heteroatoms. The van der Waals surface area contributed by atoms with Crippen LogP contribution in [0.1, 0.15) is 7.43 Å². The molecule has 0 aliphatic heterocycles. The van der Waals surface area contributed by atoms with E-state index in [4.69, 9.17) is 0 Å². The number of nitrogens with two attached hydrogens (primary N) is 4. The van der Waals surface area contributed by atoms with Crippen LogP contribution in [0.5, 0.6) is 0 Å². The van der Waals surface area contributed by atoms with Gasteiger partial charge in [0, 0.05) is 24.3 Å². The predicted octanol–water partition coefficient (Wildman–Crippen LogP) is -2.34. The first-order chi connectivity index (χ1) is 7.25. The summed E-state index contributed by atoms with van der Waals surface area (Å²) in [5.74, 6) is -2.71. The maximum atomic E-state index is 9.83. The SMILES string of the molecule is C.NC(=O)C=CC(N)=O.NC(=O)C=CC(N)=O. The average Bonchev–Trinajstić information content (AvgIpc) is 2.12. The van der Waals surface area contributed by atoms with Crippen molar-refractivity contribution in [2.75, 3.05) is 0 Å². The number of carbonyl (C=O) groups excluding carboxylic acids is 4. The van der Waals surface area contributed by atoms with Crippen molar-refractivity contribution in [1.82, 2.24) is 0 Å². The Bertz CT molecular complexity index is 281. The molecule has 0 heterocycles. The van der Waals surface area contributed by atoms with Crippen LogP contribution in [0.25, 0.3) is 0 Å². The minimum Gasteiger partial charge on any atom is -0.366 e. The van der Waals surface area contributed by atoms with Gasteiger partial charge in [-0.25, -0.2) is 0 Å². The van der Waals surface area contributed by atoms with Gasteiger partial charge in [-0.15, -0.1) is 0 Å². The Morgan fingerprint density at radius 3 is 0.706 bits per heavy atom. The van der Waals surface area contributed by atoms with Gasteiger partial charge in [0.25, 0.3) is 0 Å². The van der Waals surface area contributed by atoms with E-state index in [0.29, 0.717) is 0 Å². The normalized spacial score (nSPS) is 8.94. The van der Waals surface area contributed by atoms with Crippen LogP contribution < -0.4 is 22.9 Å². The molecule has 0 aromatic heterocycles. The number of primary amides is 4. The van der Waals surface area contributed by atoms with E-state index in [0.717, 1.165) is 24.3 Å². The van der Waals surface area contributed by atoms with E-state index in [-0.39, 0.29) is 7.43 Å². The van der Waals surface area contributed by atoms with Crippen LogP contribution in [0.3, 0.4) is 0 Å². The topological polar surface area (TPSA) is 172 Å². The minimum atomic E-state index is -0.677. The highest BCUT2D eigenvalue weighted by molar-refractivity contribution is 5.95. The van der Waals surface area contributed by atoms with Gasteiger partial charge in [-0.2, -0.15) is 0 Å². The van der Waals surface area contributed by atoms with E-state index in [1.165, 1.54) is 0 Å². The quantitative estimate of drug-likeness (QED) is 0.406. The van der Waals surface area contributed by atoms with Crippen molar-refractivity contribution in [2.24, 2.45) is 22.9 Å². The third kappa shape index (κ3) is 31.8. The van der Waals surface area contributed by atoms with Crippen LogP contribution in [-0.4, -0.2) is 23.6 Å². The van der Waals surface area contributed by atoms with Gasteiger partial charge in [-0.3, -0.25) is 19.2 Å². The van der Waals surface area contributed by atoms with Gasteiger partial charge in [0.2, 0.25) is 23.6 Å². The Balaban J connectivity index is -0.000000218. The molecule has 17 heavy (non-hydrogen) atoms. The summed E-state index contributed by atoms with van der Waals surface area (Å²) in [4.78, 5) is 39.3. The molecule has 0 bridgehead atoms. The zero-order chi connectivity index (χ0) is 13.1. The van der Waals surface area contributed by atoms with Crippen LogP contribution in [0, 0.1) is 0 Å². The van der Waals surface area contributed by atoms with Gasteiger partial charge in [-0.05, 0) is 0 Å². The Hall–Kier alpha value is -2.64. The second-order valence-electron chi connectivity index (χ2n) is 2.28. The molecule has 0 rings (SSSR count). The summed E-state index contributed by atoms with van der Waals surface area (Å²) in [7, 11) is 0. The molecule has 0 fully saturated rings. The molecular formula is C9H16N4O4. The maximum absolute atomic E-state index is 9.83. The summed E-state index contributed by atoms with van der Waals surface area (Å²) in [5, 5.41) is 0. The van der Waals surface area contributed by atoms with Crippen LogP contribution >= 0.6 is 0 Å². The van der Waals surface area contributed by atoms with Crippen LogP contribution in [0.2, 0.25) is 0 Å². The third-order valence-electron chi connectivity index (χ3n) is 0.824. The number of rotatable bonds is 4. The van der Waals surface area contributed by atoms with Crippen molar-refractivity contribution in [1.29, 1.82) is 0 Å². The first kappa shape index (κ1) is 19.9. The van der Waals surface area contributed by atoms with Crippen molar-refractivity contribution < 1.29 is 19.2 Å². The average molecular weight is 244 g/mol. The summed E-state index contributed by atoms with van der Waals surface area (Å²) in [5.41, 5.74) is 18.4. The summed E-state index contributed by atoms with van der Waals surface area (Å²) < 4.78 is 0. The molecule has 0 unspecified atom stereocenters. The molecule has 8 N–H and O–H groups in total. The number of amides is 4. The first-order valence-corrected chi connectivity index (χ1v) is 3.79. The van der Waals surface area contributed by atoms with Gasteiger partial charge in [-0.1, -0.05) is 7.43 Å². The number of hydrogen-bond donors (Lipinski definition) is 4. The fourth-order valence-corrected chi connectivity index (χ4v) is 0.329. The standard InChI is InChI=1S/2C4H6N2O2.CH4/c2*5-3(7)1-2-4(6)8;/h2*1-2H,(H2,5,7)(H2,6,8);1H4. The van der Waals surface area contributed by atoms with Crippen LogP contribution in [0.15, 0.2) is 24.3 Å². The fourth-order valence-electron chi connectivity index (χ4n) is 0.329. The highest BCUT2D eigenvalue weighted by Gasteiger charge is 1.84. The maximum Gasteiger partial charge on any atom is 0.241 e. The molecule has 96 valence electrons. The fraction of sp³-hybridized carbons (Fsp3) is 0.111. The second kappa shape index (κ2) is 11.4. The van der Waals surface area contributed by atoms with Crippen molar-refractivity contribution in [3.63, 3.8) is 0 Å². The van der Waals surface area contributed by atoms with E-state index in [1.807, 2.05) is 0 Å². The molecule has 8 nitrogen and oxygen atoms in total. The number of hydrogen-bond acceptors (Lipinski definition) is 4. The Morgan fingerprint density at radius 2 is 0.647 bits per heavy atom. The molecule has 0 aliphatic carbocycles.